The van der Waals surface area contributed by atoms with Crippen LogP contribution in [0.15, 0.2) is 22.7 Å². The van der Waals surface area contributed by atoms with Crippen LogP contribution in [0.3, 0.4) is 0 Å². The molecule has 0 heterocycles. The number of hydrogen-bond donors (Lipinski definition) is 1. The number of halogens is 1. The smallest absolute Gasteiger partial charge is 0.103 e. The summed E-state index contributed by atoms with van der Waals surface area (Å²) >= 11 is 3.43. The second-order valence-electron chi connectivity index (χ2n) is 5.02. The molecule has 1 saturated carbocycles. The fourth-order valence-corrected chi connectivity index (χ4v) is 2.98. The highest BCUT2D eigenvalue weighted by Crippen LogP contribution is 2.33. The van der Waals surface area contributed by atoms with Crippen LogP contribution in [0.4, 0.5) is 5.69 Å². The van der Waals surface area contributed by atoms with Gasteiger partial charge in [-0.15, -0.1) is 0 Å². The summed E-state index contributed by atoms with van der Waals surface area (Å²) < 4.78 is 0.865. The van der Waals surface area contributed by atoms with Gasteiger partial charge in [0.1, 0.15) is 6.07 Å². The first-order valence-corrected chi connectivity index (χ1v) is 6.91. The van der Waals surface area contributed by atoms with Crippen molar-refractivity contribution >= 4 is 21.6 Å². The van der Waals surface area contributed by atoms with Crippen molar-refractivity contribution in [2.75, 3.05) is 5.32 Å². The van der Waals surface area contributed by atoms with Gasteiger partial charge in [0, 0.05) is 10.0 Å². The Kier molecular flexibility index (Phi) is 3.73. The number of benzene rings is 1. The first kappa shape index (κ1) is 12.4. The van der Waals surface area contributed by atoms with Crippen LogP contribution in [-0.4, -0.2) is 5.54 Å². The van der Waals surface area contributed by atoms with Gasteiger partial charge >= 0.3 is 0 Å². The lowest BCUT2D eigenvalue weighted by Crippen LogP contribution is -2.37. The van der Waals surface area contributed by atoms with Gasteiger partial charge in [-0.25, -0.2) is 0 Å². The van der Waals surface area contributed by atoms with Crippen molar-refractivity contribution in [2.45, 2.75) is 44.6 Å². The van der Waals surface area contributed by atoms with Crippen LogP contribution in [0.2, 0.25) is 0 Å². The molecule has 1 fully saturated rings. The van der Waals surface area contributed by atoms with E-state index in [2.05, 4.69) is 34.2 Å². The van der Waals surface area contributed by atoms with Crippen molar-refractivity contribution in [2.24, 2.45) is 0 Å². The molecule has 0 bridgehead atoms. The topological polar surface area (TPSA) is 35.8 Å². The van der Waals surface area contributed by atoms with Gasteiger partial charge in [-0.3, -0.25) is 0 Å². The number of anilines is 1. The molecule has 0 radical (unpaired) electrons. The van der Waals surface area contributed by atoms with Crippen LogP contribution in [0.5, 0.6) is 0 Å². The van der Waals surface area contributed by atoms with Crippen LogP contribution >= 0.6 is 15.9 Å². The van der Waals surface area contributed by atoms with E-state index in [-0.39, 0.29) is 5.54 Å². The minimum Gasteiger partial charge on any atom is -0.379 e. The Morgan fingerprint density at radius 2 is 2.00 bits per heavy atom. The van der Waals surface area contributed by atoms with Crippen LogP contribution in [0.1, 0.15) is 44.6 Å². The largest absolute Gasteiger partial charge is 0.379 e. The Hall–Kier alpha value is -1.01. The van der Waals surface area contributed by atoms with Crippen molar-refractivity contribution in [1.29, 1.82) is 5.26 Å². The second kappa shape index (κ2) is 5.10. The van der Waals surface area contributed by atoms with E-state index in [0.717, 1.165) is 10.2 Å². The molecular weight excluding hydrogens is 276 g/mol. The molecule has 17 heavy (non-hydrogen) atoms. The summed E-state index contributed by atoms with van der Waals surface area (Å²) in [6.45, 7) is 2.26. The Morgan fingerprint density at radius 1 is 1.29 bits per heavy atom. The van der Waals surface area contributed by atoms with Gasteiger partial charge in [-0.2, -0.15) is 5.26 Å². The summed E-state index contributed by atoms with van der Waals surface area (Å²) in [6.07, 6.45) is 6.26. The third kappa shape index (κ3) is 2.81. The average molecular weight is 293 g/mol. The highest BCUT2D eigenvalue weighted by Gasteiger charge is 2.27. The third-order valence-electron chi connectivity index (χ3n) is 3.52. The number of nitrogens with one attached hydrogen (secondary N) is 1. The maximum absolute atomic E-state index is 9.19. The lowest BCUT2D eigenvalue weighted by molar-refractivity contribution is 0.349. The van der Waals surface area contributed by atoms with E-state index in [1.807, 2.05) is 18.2 Å². The van der Waals surface area contributed by atoms with Crippen molar-refractivity contribution in [1.82, 2.24) is 0 Å². The third-order valence-corrected chi connectivity index (χ3v) is 4.18. The molecule has 0 amide bonds. The van der Waals surface area contributed by atoms with Gasteiger partial charge in [0.15, 0.2) is 0 Å². The Balaban J connectivity index is 2.24. The monoisotopic (exact) mass is 292 g/mol. The predicted octanol–water partition coefficient (Wildman–Crippen LogP) is 4.46. The molecule has 0 unspecified atom stereocenters. The molecule has 90 valence electrons. The molecule has 0 aliphatic heterocycles. The summed E-state index contributed by atoms with van der Waals surface area (Å²) in [5.41, 5.74) is 1.80. The van der Waals surface area contributed by atoms with Crippen molar-refractivity contribution in [3.05, 3.63) is 28.2 Å². The first-order valence-electron chi connectivity index (χ1n) is 6.11. The van der Waals surface area contributed by atoms with E-state index in [4.69, 9.17) is 0 Å². The van der Waals surface area contributed by atoms with Gasteiger partial charge in [-0.05, 0) is 47.8 Å². The van der Waals surface area contributed by atoms with Gasteiger partial charge in [0.2, 0.25) is 0 Å². The minimum absolute atomic E-state index is 0.143. The quantitative estimate of drug-likeness (QED) is 0.874. The van der Waals surface area contributed by atoms with E-state index in [0.29, 0.717) is 5.56 Å². The van der Waals surface area contributed by atoms with Crippen LogP contribution in [0.25, 0.3) is 0 Å². The summed E-state index contributed by atoms with van der Waals surface area (Å²) in [6, 6.07) is 8.13. The fraction of sp³-hybridized carbons (Fsp3) is 0.500. The van der Waals surface area contributed by atoms with E-state index in [1.54, 1.807) is 0 Å². The van der Waals surface area contributed by atoms with Crippen LogP contribution < -0.4 is 5.32 Å². The van der Waals surface area contributed by atoms with Crippen LogP contribution in [0, 0.1) is 11.3 Å². The van der Waals surface area contributed by atoms with Gasteiger partial charge < -0.3 is 5.32 Å². The van der Waals surface area contributed by atoms with E-state index < -0.39 is 0 Å². The highest BCUT2D eigenvalue weighted by atomic mass is 79.9. The number of nitrogens with zero attached hydrogens (tertiary/aromatic N) is 1. The fourth-order valence-electron chi connectivity index (χ4n) is 2.52. The van der Waals surface area contributed by atoms with Gasteiger partial charge in [-0.1, -0.05) is 25.3 Å². The zero-order valence-electron chi connectivity index (χ0n) is 10.1. The molecule has 3 heteroatoms. The molecule has 2 rings (SSSR count). The van der Waals surface area contributed by atoms with Crippen molar-refractivity contribution < 1.29 is 0 Å². The maximum atomic E-state index is 9.19. The zero-order valence-corrected chi connectivity index (χ0v) is 11.7. The van der Waals surface area contributed by atoms with Crippen molar-refractivity contribution in [3.63, 3.8) is 0 Å². The first-order chi connectivity index (χ1) is 8.14. The normalized spacial score (nSPS) is 18.4. The Morgan fingerprint density at radius 3 is 2.65 bits per heavy atom. The summed E-state index contributed by atoms with van der Waals surface area (Å²) in [5, 5.41) is 12.8. The molecule has 0 saturated heterocycles. The summed E-state index contributed by atoms with van der Waals surface area (Å²) in [4.78, 5) is 0. The summed E-state index contributed by atoms with van der Waals surface area (Å²) in [5.74, 6) is 0. The molecule has 0 aromatic heterocycles. The Bertz CT molecular complexity index is 442. The standard InChI is InChI=1S/C14H17BrN2/c1-14(8-3-2-4-9-14)17-13-7-5-6-12(15)11(13)10-16/h5-7,17H,2-4,8-9H2,1H3. The number of nitriles is 1. The number of rotatable bonds is 2. The zero-order chi connectivity index (χ0) is 12.3. The van der Waals surface area contributed by atoms with Crippen LogP contribution in [-0.2, 0) is 0 Å². The highest BCUT2D eigenvalue weighted by molar-refractivity contribution is 9.10. The van der Waals surface area contributed by atoms with Crippen molar-refractivity contribution in [3.8, 4) is 6.07 Å². The van der Waals surface area contributed by atoms with E-state index in [1.165, 1.54) is 32.1 Å². The second-order valence-corrected chi connectivity index (χ2v) is 5.87. The molecule has 0 spiro atoms. The molecule has 1 aromatic carbocycles. The average Bonchev–Trinajstić information content (AvgIpc) is 2.30. The maximum Gasteiger partial charge on any atom is 0.103 e. The minimum atomic E-state index is 0.143. The molecule has 1 N–H and O–H groups in total. The predicted molar refractivity (Wildman–Crippen MR) is 74.0 cm³/mol. The van der Waals surface area contributed by atoms with E-state index >= 15 is 0 Å². The number of hydrogen-bond acceptors (Lipinski definition) is 2. The van der Waals surface area contributed by atoms with Gasteiger partial charge in [0.25, 0.3) is 0 Å². The lowest BCUT2D eigenvalue weighted by atomic mass is 9.83. The van der Waals surface area contributed by atoms with Gasteiger partial charge in [0.05, 0.1) is 11.3 Å². The molecule has 2 nitrogen and oxygen atoms in total. The molecular formula is C14H17BrN2. The SMILES string of the molecule is CC1(Nc2cccc(Br)c2C#N)CCCCC1. The summed E-state index contributed by atoms with van der Waals surface area (Å²) in [7, 11) is 0. The molecule has 0 atom stereocenters. The van der Waals surface area contributed by atoms with E-state index in [9.17, 15) is 5.26 Å². The molecule has 1 aliphatic carbocycles. The lowest BCUT2D eigenvalue weighted by Gasteiger charge is -2.36. The molecule has 1 aromatic rings. The molecule has 1 aliphatic rings. The Labute approximate surface area is 111 Å².